The molecule has 0 aromatic heterocycles. The molecule has 2 bridgehead atoms. The van der Waals surface area contributed by atoms with Crippen molar-refractivity contribution in [1.82, 2.24) is 5.32 Å². The van der Waals surface area contributed by atoms with Crippen molar-refractivity contribution in [2.45, 2.75) is 36.6 Å². The molecule has 2 aliphatic carbocycles. The Kier molecular flexibility index (Phi) is 4.04. The number of hydrogen-bond acceptors (Lipinski definition) is 2. The van der Waals surface area contributed by atoms with E-state index in [4.69, 9.17) is 11.6 Å². The van der Waals surface area contributed by atoms with Crippen LogP contribution < -0.4 is 5.32 Å². The second-order valence-electron chi connectivity index (χ2n) is 5.59. The van der Waals surface area contributed by atoms with Gasteiger partial charge in [0.25, 0.3) is 0 Å². The van der Waals surface area contributed by atoms with Crippen LogP contribution in [0.3, 0.4) is 0 Å². The van der Waals surface area contributed by atoms with Gasteiger partial charge in [0, 0.05) is 16.0 Å². The number of thioether (sulfide) groups is 1. The van der Waals surface area contributed by atoms with Crippen LogP contribution in [-0.4, -0.2) is 17.7 Å². The molecule has 0 saturated heterocycles. The topological polar surface area (TPSA) is 29.1 Å². The predicted octanol–water partition coefficient (Wildman–Crippen LogP) is 3.74. The summed E-state index contributed by atoms with van der Waals surface area (Å²) in [5.41, 5.74) is 0. The van der Waals surface area contributed by atoms with Crippen LogP contribution in [0.1, 0.15) is 25.7 Å². The zero-order valence-electron chi connectivity index (χ0n) is 10.8. The molecule has 2 aliphatic rings. The first kappa shape index (κ1) is 13.3. The minimum Gasteiger partial charge on any atom is -0.352 e. The van der Waals surface area contributed by atoms with Gasteiger partial charge in [0.2, 0.25) is 5.91 Å². The van der Waals surface area contributed by atoms with E-state index in [0.29, 0.717) is 11.8 Å². The van der Waals surface area contributed by atoms with Crippen LogP contribution in [0.5, 0.6) is 0 Å². The van der Waals surface area contributed by atoms with E-state index in [-0.39, 0.29) is 5.91 Å². The molecule has 2 fully saturated rings. The van der Waals surface area contributed by atoms with Crippen LogP contribution in [0.4, 0.5) is 0 Å². The summed E-state index contributed by atoms with van der Waals surface area (Å²) >= 11 is 7.41. The fraction of sp³-hybridized carbons (Fsp3) is 0.533. The summed E-state index contributed by atoms with van der Waals surface area (Å²) in [4.78, 5) is 13.0. The number of halogens is 1. The molecule has 1 aromatic rings. The minimum atomic E-state index is 0.164. The van der Waals surface area contributed by atoms with Gasteiger partial charge in [-0.15, -0.1) is 11.8 Å². The number of hydrogen-bond donors (Lipinski definition) is 1. The highest BCUT2D eigenvalue weighted by Gasteiger charge is 2.39. The van der Waals surface area contributed by atoms with E-state index in [1.54, 1.807) is 11.8 Å². The third kappa shape index (κ3) is 3.26. The molecule has 2 saturated carbocycles. The molecule has 1 amide bonds. The SMILES string of the molecule is O=C(CSc1ccc(Cl)cc1)N[C@H]1C[C@@H]2CC[C@H]1C2. The number of amides is 1. The van der Waals surface area contributed by atoms with Gasteiger partial charge in [-0.05, 0) is 55.4 Å². The molecule has 0 heterocycles. The average molecular weight is 296 g/mol. The second-order valence-corrected chi connectivity index (χ2v) is 7.08. The number of fused-ring (bicyclic) bond motifs is 2. The standard InChI is InChI=1S/C15H18ClNOS/c16-12-3-5-13(6-4-12)19-9-15(18)17-14-8-10-1-2-11(14)7-10/h3-6,10-11,14H,1-2,7-9H2,(H,17,18)/t10-,11+,14+/m1/s1. The van der Waals surface area contributed by atoms with E-state index >= 15 is 0 Å². The molecule has 0 radical (unpaired) electrons. The van der Waals surface area contributed by atoms with Gasteiger partial charge in [-0.2, -0.15) is 0 Å². The van der Waals surface area contributed by atoms with E-state index in [1.165, 1.54) is 25.7 Å². The fourth-order valence-electron chi connectivity index (χ4n) is 3.35. The molecule has 3 rings (SSSR count). The first-order valence-corrected chi connectivity index (χ1v) is 8.25. The highest BCUT2D eigenvalue weighted by Crippen LogP contribution is 2.44. The molecule has 4 heteroatoms. The Morgan fingerprint density at radius 1 is 1.26 bits per heavy atom. The molecule has 3 atom stereocenters. The molecule has 102 valence electrons. The number of carbonyl (C=O) groups is 1. The van der Waals surface area contributed by atoms with Crippen molar-refractivity contribution >= 4 is 29.3 Å². The Bertz CT molecular complexity index is 462. The number of benzene rings is 1. The number of rotatable bonds is 4. The van der Waals surface area contributed by atoms with Gasteiger partial charge >= 0.3 is 0 Å². The van der Waals surface area contributed by atoms with Gasteiger partial charge in [0.15, 0.2) is 0 Å². The maximum atomic E-state index is 12.0. The van der Waals surface area contributed by atoms with Crippen LogP contribution in [0.2, 0.25) is 5.02 Å². The van der Waals surface area contributed by atoms with Crippen molar-refractivity contribution in [2.75, 3.05) is 5.75 Å². The summed E-state index contributed by atoms with van der Waals surface area (Å²) in [5.74, 6) is 2.28. The first-order valence-electron chi connectivity index (χ1n) is 6.88. The third-order valence-corrected chi connectivity index (χ3v) is 5.53. The van der Waals surface area contributed by atoms with Gasteiger partial charge in [-0.3, -0.25) is 4.79 Å². The Hall–Kier alpha value is -0.670. The summed E-state index contributed by atoms with van der Waals surface area (Å²) in [6.45, 7) is 0. The van der Waals surface area contributed by atoms with Crippen molar-refractivity contribution < 1.29 is 4.79 Å². The third-order valence-electron chi connectivity index (χ3n) is 4.27. The molecular weight excluding hydrogens is 278 g/mol. The van der Waals surface area contributed by atoms with E-state index in [2.05, 4.69) is 5.32 Å². The zero-order chi connectivity index (χ0) is 13.2. The molecule has 19 heavy (non-hydrogen) atoms. The maximum Gasteiger partial charge on any atom is 0.230 e. The molecular formula is C15H18ClNOS. The average Bonchev–Trinajstić information content (AvgIpc) is 3.00. The largest absolute Gasteiger partial charge is 0.352 e. The summed E-state index contributed by atoms with van der Waals surface area (Å²) in [7, 11) is 0. The normalized spacial score (nSPS) is 28.6. The van der Waals surface area contributed by atoms with Crippen molar-refractivity contribution in [3.05, 3.63) is 29.3 Å². The lowest BCUT2D eigenvalue weighted by molar-refractivity contribution is -0.119. The van der Waals surface area contributed by atoms with Crippen molar-refractivity contribution in [2.24, 2.45) is 11.8 Å². The van der Waals surface area contributed by atoms with Gasteiger partial charge in [-0.25, -0.2) is 0 Å². The van der Waals surface area contributed by atoms with Crippen LogP contribution in [0.15, 0.2) is 29.2 Å². The smallest absolute Gasteiger partial charge is 0.230 e. The van der Waals surface area contributed by atoms with E-state index in [9.17, 15) is 4.79 Å². The van der Waals surface area contributed by atoms with E-state index < -0.39 is 0 Å². The fourth-order valence-corrected chi connectivity index (χ4v) is 4.19. The summed E-state index contributed by atoms with van der Waals surface area (Å²) in [6, 6.07) is 8.07. The lowest BCUT2D eigenvalue weighted by atomic mass is 9.95. The Balaban J connectivity index is 1.45. The molecule has 1 N–H and O–H groups in total. The van der Waals surface area contributed by atoms with Gasteiger partial charge in [0.1, 0.15) is 0 Å². The maximum absolute atomic E-state index is 12.0. The summed E-state index contributed by atoms with van der Waals surface area (Å²) in [5, 5.41) is 3.94. The monoisotopic (exact) mass is 295 g/mol. The van der Waals surface area contributed by atoms with Gasteiger partial charge in [-0.1, -0.05) is 18.0 Å². The van der Waals surface area contributed by atoms with E-state index in [0.717, 1.165) is 21.8 Å². The van der Waals surface area contributed by atoms with Gasteiger partial charge < -0.3 is 5.32 Å². The lowest BCUT2D eigenvalue weighted by Gasteiger charge is -2.22. The highest BCUT2D eigenvalue weighted by atomic mass is 35.5. The molecule has 2 nitrogen and oxygen atoms in total. The predicted molar refractivity (Wildman–Crippen MR) is 79.6 cm³/mol. The molecule has 0 unspecified atom stereocenters. The number of nitrogens with one attached hydrogen (secondary N) is 1. The summed E-state index contributed by atoms with van der Waals surface area (Å²) < 4.78 is 0. The van der Waals surface area contributed by atoms with Crippen LogP contribution in [0.25, 0.3) is 0 Å². The van der Waals surface area contributed by atoms with Crippen molar-refractivity contribution in [3.8, 4) is 0 Å². The van der Waals surface area contributed by atoms with E-state index in [1.807, 2.05) is 24.3 Å². The van der Waals surface area contributed by atoms with Crippen LogP contribution >= 0.6 is 23.4 Å². The Morgan fingerprint density at radius 2 is 2.05 bits per heavy atom. The highest BCUT2D eigenvalue weighted by molar-refractivity contribution is 8.00. The number of carbonyl (C=O) groups excluding carboxylic acids is 1. The summed E-state index contributed by atoms with van der Waals surface area (Å²) in [6.07, 6.45) is 5.20. The van der Waals surface area contributed by atoms with Crippen molar-refractivity contribution in [3.63, 3.8) is 0 Å². The molecule has 1 aromatic carbocycles. The lowest BCUT2D eigenvalue weighted by Crippen LogP contribution is -2.39. The van der Waals surface area contributed by atoms with Crippen molar-refractivity contribution in [1.29, 1.82) is 0 Å². The second kappa shape index (κ2) is 5.76. The first-order chi connectivity index (χ1) is 9.20. The van der Waals surface area contributed by atoms with Crippen LogP contribution in [-0.2, 0) is 4.79 Å². The van der Waals surface area contributed by atoms with Crippen LogP contribution in [0, 0.1) is 11.8 Å². The minimum absolute atomic E-state index is 0.164. The molecule has 0 spiro atoms. The Morgan fingerprint density at radius 3 is 2.68 bits per heavy atom. The zero-order valence-corrected chi connectivity index (χ0v) is 12.3. The quantitative estimate of drug-likeness (QED) is 0.858. The van der Waals surface area contributed by atoms with Gasteiger partial charge in [0.05, 0.1) is 5.75 Å². The Labute approximate surface area is 123 Å². The molecule has 0 aliphatic heterocycles.